The van der Waals surface area contributed by atoms with E-state index in [1.54, 1.807) is 6.07 Å². The maximum Gasteiger partial charge on any atom is 0.234 e. The number of hydrogen-bond donors (Lipinski definition) is 0. The third-order valence-electron chi connectivity index (χ3n) is 2.59. The van der Waals surface area contributed by atoms with Crippen molar-refractivity contribution in [3.05, 3.63) is 53.2 Å². The maximum absolute atomic E-state index is 13.8. The first-order valence-electron chi connectivity index (χ1n) is 5.62. The molecule has 1 heterocycles. The van der Waals surface area contributed by atoms with Gasteiger partial charge in [-0.25, -0.2) is 4.39 Å². The average molecular weight is 264 g/mol. The molecule has 19 heavy (non-hydrogen) atoms. The van der Waals surface area contributed by atoms with Crippen molar-refractivity contribution in [2.45, 2.75) is 6.61 Å². The van der Waals surface area contributed by atoms with E-state index in [0.29, 0.717) is 5.76 Å². The van der Waals surface area contributed by atoms with E-state index >= 15 is 0 Å². The fraction of sp³-hybridized carbons (Fsp3) is 0.214. The van der Waals surface area contributed by atoms with E-state index in [0.717, 1.165) is 0 Å². The van der Waals surface area contributed by atoms with E-state index < -0.39 is 11.6 Å². The number of methoxy groups -OCH3 is 2. The van der Waals surface area contributed by atoms with Gasteiger partial charge in [0.05, 0.1) is 7.11 Å². The molecule has 0 aliphatic heterocycles. The molecule has 0 saturated heterocycles. The van der Waals surface area contributed by atoms with Crippen LogP contribution in [0.1, 0.15) is 21.9 Å². The lowest BCUT2D eigenvalue weighted by molar-refractivity contribution is 0.0993. The van der Waals surface area contributed by atoms with Crippen molar-refractivity contribution in [2.75, 3.05) is 14.2 Å². The van der Waals surface area contributed by atoms with Crippen molar-refractivity contribution in [1.29, 1.82) is 0 Å². The SMILES string of the molecule is COCc1ccc(C(=O)c2c(F)cccc2OC)o1. The molecule has 0 N–H and O–H groups in total. The lowest BCUT2D eigenvalue weighted by Crippen LogP contribution is -2.06. The fourth-order valence-electron chi connectivity index (χ4n) is 1.74. The third kappa shape index (κ3) is 2.66. The molecule has 0 radical (unpaired) electrons. The van der Waals surface area contributed by atoms with Gasteiger partial charge < -0.3 is 13.9 Å². The molecule has 0 bridgehead atoms. The predicted molar refractivity (Wildman–Crippen MR) is 65.8 cm³/mol. The summed E-state index contributed by atoms with van der Waals surface area (Å²) < 4.78 is 28.9. The van der Waals surface area contributed by atoms with Gasteiger partial charge in [0.25, 0.3) is 0 Å². The summed E-state index contributed by atoms with van der Waals surface area (Å²) >= 11 is 0. The maximum atomic E-state index is 13.8. The highest BCUT2D eigenvalue weighted by Gasteiger charge is 2.22. The summed E-state index contributed by atoms with van der Waals surface area (Å²) in [7, 11) is 2.90. The number of furan rings is 1. The highest BCUT2D eigenvalue weighted by atomic mass is 19.1. The Bertz CT molecular complexity index is 589. The van der Waals surface area contributed by atoms with Crippen LogP contribution in [0.2, 0.25) is 0 Å². The molecule has 1 aromatic carbocycles. The summed E-state index contributed by atoms with van der Waals surface area (Å²) in [5.74, 6) is -0.474. The van der Waals surface area contributed by atoms with E-state index in [9.17, 15) is 9.18 Å². The Morgan fingerprint density at radius 3 is 2.74 bits per heavy atom. The Morgan fingerprint density at radius 1 is 1.26 bits per heavy atom. The van der Waals surface area contributed by atoms with Crippen LogP contribution in [-0.4, -0.2) is 20.0 Å². The molecule has 0 unspecified atom stereocenters. The van der Waals surface area contributed by atoms with Gasteiger partial charge in [0.1, 0.15) is 29.5 Å². The highest BCUT2D eigenvalue weighted by Crippen LogP contribution is 2.25. The van der Waals surface area contributed by atoms with Crippen molar-refractivity contribution in [2.24, 2.45) is 0 Å². The Labute approximate surface area is 109 Å². The minimum atomic E-state index is -0.644. The zero-order chi connectivity index (χ0) is 13.8. The Kier molecular flexibility index (Phi) is 3.97. The van der Waals surface area contributed by atoms with Crippen LogP contribution in [0.25, 0.3) is 0 Å². The molecular weight excluding hydrogens is 251 g/mol. The minimum absolute atomic E-state index is 0.0513. The van der Waals surface area contributed by atoms with Gasteiger partial charge in [-0.1, -0.05) is 6.07 Å². The standard InChI is InChI=1S/C14H13FO4/c1-17-8-9-6-7-12(19-9)14(16)13-10(15)4-3-5-11(13)18-2/h3-7H,8H2,1-2H3. The van der Waals surface area contributed by atoms with Gasteiger partial charge in [0.15, 0.2) is 5.76 Å². The van der Waals surface area contributed by atoms with Gasteiger partial charge >= 0.3 is 0 Å². The number of benzene rings is 1. The molecule has 5 heteroatoms. The molecule has 0 atom stereocenters. The molecule has 100 valence electrons. The topological polar surface area (TPSA) is 48.7 Å². The van der Waals surface area contributed by atoms with Crippen molar-refractivity contribution < 1.29 is 23.1 Å². The number of rotatable bonds is 5. The number of carbonyl (C=O) groups excluding carboxylic acids is 1. The zero-order valence-electron chi connectivity index (χ0n) is 10.6. The molecule has 2 aromatic rings. The first kappa shape index (κ1) is 13.3. The predicted octanol–water partition coefficient (Wildman–Crippen LogP) is 2.80. The second-order valence-corrected chi connectivity index (χ2v) is 3.85. The molecule has 0 saturated carbocycles. The molecule has 2 rings (SSSR count). The molecule has 0 amide bonds. The molecule has 4 nitrogen and oxygen atoms in total. The van der Waals surface area contributed by atoms with Gasteiger partial charge in [0, 0.05) is 7.11 Å². The first-order chi connectivity index (χ1) is 9.17. The number of ketones is 1. The van der Waals surface area contributed by atoms with Crippen molar-refractivity contribution >= 4 is 5.78 Å². The summed E-state index contributed by atoms with van der Waals surface area (Å²) in [4.78, 5) is 12.2. The molecular formula is C14H13FO4. The van der Waals surface area contributed by atoms with Gasteiger partial charge in [-0.05, 0) is 24.3 Å². The largest absolute Gasteiger partial charge is 0.496 e. The summed E-state index contributed by atoms with van der Waals surface area (Å²) in [6.07, 6.45) is 0. The summed E-state index contributed by atoms with van der Waals surface area (Å²) in [5, 5.41) is 0. The van der Waals surface area contributed by atoms with Crippen LogP contribution in [-0.2, 0) is 11.3 Å². The number of halogens is 1. The molecule has 0 fully saturated rings. The van der Waals surface area contributed by atoms with Gasteiger partial charge in [-0.2, -0.15) is 0 Å². The van der Waals surface area contributed by atoms with Gasteiger partial charge in [-0.15, -0.1) is 0 Å². The molecule has 0 aliphatic rings. The van der Waals surface area contributed by atoms with Crippen molar-refractivity contribution in [3.8, 4) is 5.75 Å². The van der Waals surface area contributed by atoms with Crippen LogP contribution in [0, 0.1) is 5.82 Å². The van der Waals surface area contributed by atoms with Crippen LogP contribution in [0.5, 0.6) is 5.75 Å². The lowest BCUT2D eigenvalue weighted by atomic mass is 10.1. The second-order valence-electron chi connectivity index (χ2n) is 3.85. The zero-order valence-corrected chi connectivity index (χ0v) is 10.6. The van der Waals surface area contributed by atoms with Crippen molar-refractivity contribution in [3.63, 3.8) is 0 Å². The highest BCUT2D eigenvalue weighted by molar-refractivity contribution is 6.09. The second kappa shape index (κ2) is 5.67. The Hall–Kier alpha value is -2.14. The Morgan fingerprint density at radius 2 is 2.05 bits per heavy atom. The molecule has 1 aromatic heterocycles. The normalized spacial score (nSPS) is 10.5. The van der Waals surface area contributed by atoms with Gasteiger partial charge in [0.2, 0.25) is 5.78 Å². The van der Waals surface area contributed by atoms with E-state index in [1.807, 2.05) is 0 Å². The van der Waals surface area contributed by atoms with E-state index in [2.05, 4.69) is 0 Å². The fourth-order valence-corrected chi connectivity index (χ4v) is 1.74. The summed E-state index contributed by atoms with van der Waals surface area (Å²) in [6, 6.07) is 7.31. The lowest BCUT2D eigenvalue weighted by Gasteiger charge is -2.06. The van der Waals surface area contributed by atoms with Crippen LogP contribution in [0.4, 0.5) is 4.39 Å². The summed E-state index contributed by atoms with van der Waals surface area (Å²) in [5.41, 5.74) is -0.136. The number of hydrogen-bond acceptors (Lipinski definition) is 4. The average Bonchev–Trinajstić information content (AvgIpc) is 2.86. The third-order valence-corrected chi connectivity index (χ3v) is 2.59. The van der Waals surface area contributed by atoms with E-state index in [4.69, 9.17) is 13.9 Å². The van der Waals surface area contributed by atoms with Gasteiger partial charge in [-0.3, -0.25) is 4.79 Å². The van der Waals surface area contributed by atoms with Crippen LogP contribution < -0.4 is 4.74 Å². The van der Waals surface area contributed by atoms with Crippen LogP contribution in [0.3, 0.4) is 0 Å². The monoisotopic (exact) mass is 264 g/mol. The van der Waals surface area contributed by atoms with E-state index in [1.165, 1.54) is 38.5 Å². The minimum Gasteiger partial charge on any atom is -0.496 e. The quantitative estimate of drug-likeness (QED) is 0.779. The van der Waals surface area contributed by atoms with E-state index in [-0.39, 0.29) is 23.7 Å². The summed E-state index contributed by atoms with van der Waals surface area (Å²) in [6.45, 7) is 0.252. The number of carbonyl (C=O) groups is 1. The van der Waals surface area contributed by atoms with Crippen LogP contribution in [0.15, 0.2) is 34.7 Å². The first-order valence-corrected chi connectivity index (χ1v) is 5.62. The number of ether oxygens (including phenoxy) is 2. The van der Waals surface area contributed by atoms with Crippen LogP contribution >= 0.6 is 0 Å². The smallest absolute Gasteiger partial charge is 0.234 e. The molecule has 0 aliphatic carbocycles. The van der Waals surface area contributed by atoms with Crippen molar-refractivity contribution in [1.82, 2.24) is 0 Å². The molecule has 0 spiro atoms. The Balaban J connectivity index is 2.38.